The lowest BCUT2D eigenvalue weighted by atomic mass is 10.0. The van der Waals surface area contributed by atoms with Gasteiger partial charge < -0.3 is 14.5 Å². The molecule has 0 bridgehead atoms. The van der Waals surface area contributed by atoms with Gasteiger partial charge in [0.2, 0.25) is 0 Å². The van der Waals surface area contributed by atoms with Crippen LogP contribution in [0.25, 0.3) is 17.0 Å². The molecule has 0 saturated carbocycles. The molecular formula is C32H34N2O3. The highest BCUT2D eigenvalue weighted by Gasteiger charge is 2.28. The molecule has 1 N–H and O–H groups in total. The van der Waals surface area contributed by atoms with E-state index in [1.165, 1.54) is 46.3 Å². The van der Waals surface area contributed by atoms with Crippen molar-refractivity contribution in [3.05, 3.63) is 107 Å². The van der Waals surface area contributed by atoms with E-state index in [1.54, 1.807) is 0 Å². The second-order valence-corrected chi connectivity index (χ2v) is 9.53. The fourth-order valence-corrected chi connectivity index (χ4v) is 5.37. The lowest BCUT2D eigenvalue weighted by Crippen LogP contribution is -2.29. The first-order valence-corrected chi connectivity index (χ1v) is 13.0. The number of aromatic nitrogens is 1. The van der Waals surface area contributed by atoms with E-state index < -0.39 is 0 Å². The maximum Gasteiger partial charge on any atom is 0.330 e. The van der Waals surface area contributed by atoms with Crippen LogP contribution in [0.1, 0.15) is 47.2 Å². The zero-order chi connectivity index (χ0) is 25.6. The predicted molar refractivity (Wildman–Crippen MR) is 149 cm³/mol. The maximum absolute atomic E-state index is 11.5. The van der Waals surface area contributed by atoms with E-state index in [9.17, 15) is 4.79 Å². The van der Waals surface area contributed by atoms with Gasteiger partial charge in [0.15, 0.2) is 0 Å². The largest absolute Gasteiger partial charge is 0.494 e. The molecule has 37 heavy (non-hydrogen) atoms. The summed E-state index contributed by atoms with van der Waals surface area (Å²) in [5.74, 6) is 0.576. The number of methoxy groups -OCH3 is 1. The zero-order valence-electron chi connectivity index (χ0n) is 21.6. The monoisotopic (exact) mass is 494 g/mol. The molecular weight excluding hydrogens is 460 g/mol. The first-order chi connectivity index (χ1) is 18.1. The molecule has 1 heterocycles. The van der Waals surface area contributed by atoms with Crippen LogP contribution in [-0.2, 0) is 28.9 Å². The highest BCUT2D eigenvalue weighted by atomic mass is 16.5. The van der Waals surface area contributed by atoms with Crippen molar-refractivity contribution in [2.24, 2.45) is 0 Å². The highest BCUT2D eigenvalue weighted by molar-refractivity contribution is 5.87. The van der Waals surface area contributed by atoms with E-state index in [2.05, 4.69) is 82.8 Å². The third-order valence-electron chi connectivity index (χ3n) is 7.23. The Hall–Kier alpha value is -3.83. The summed E-state index contributed by atoms with van der Waals surface area (Å²) in [6, 6.07) is 23.9. The van der Waals surface area contributed by atoms with Gasteiger partial charge >= 0.3 is 5.97 Å². The Labute approximate surface area is 218 Å². The number of nitrogens with zero attached hydrogens (tertiary/aromatic N) is 1. The summed E-state index contributed by atoms with van der Waals surface area (Å²) in [6.07, 6.45) is 8.56. The van der Waals surface area contributed by atoms with Crippen LogP contribution >= 0.6 is 0 Å². The molecule has 5 rings (SSSR count). The van der Waals surface area contributed by atoms with E-state index in [4.69, 9.17) is 9.47 Å². The van der Waals surface area contributed by atoms with Crippen LogP contribution in [-0.4, -0.2) is 36.1 Å². The van der Waals surface area contributed by atoms with Gasteiger partial charge in [-0.3, -0.25) is 4.90 Å². The Bertz CT molecular complexity index is 1390. The van der Waals surface area contributed by atoms with Gasteiger partial charge in [0, 0.05) is 42.3 Å². The van der Waals surface area contributed by atoms with Crippen molar-refractivity contribution in [1.29, 1.82) is 0 Å². The number of para-hydroxylation sites is 1. The van der Waals surface area contributed by atoms with Crippen molar-refractivity contribution in [3.63, 3.8) is 0 Å². The summed E-state index contributed by atoms with van der Waals surface area (Å²) in [7, 11) is 1.40. The molecule has 1 aliphatic carbocycles. The van der Waals surface area contributed by atoms with Gasteiger partial charge in [0.05, 0.1) is 13.7 Å². The minimum absolute atomic E-state index is 0.336. The van der Waals surface area contributed by atoms with Gasteiger partial charge in [-0.2, -0.15) is 0 Å². The zero-order valence-corrected chi connectivity index (χ0v) is 21.6. The van der Waals surface area contributed by atoms with Gasteiger partial charge in [-0.05, 0) is 78.3 Å². The van der Waals surface area contributed by atoms with Crippen LogP contribution in [0.2, 0.25) is 0 Å². The van der Waals surface area contributed by atoms with Crippen molar-refractivity contribution in [2.45, 2.75) is 38.8 Å². The number of fused-ring (bicyclic) bond motifs is 2. The molecule has 0 saturated heterocycles. The van der Waals surface area contributed by atoms with Gasteiger partial charge in [-0.15, -0.1) is 0 Å². The molecule has 3 aromatic carbocycles. The minimum atomic E-state index is -0.336. The average molecular weight is 495 g/mol. The fraction of sp³-hybridized carbons (Fsp3) is 0.281. The van der Waals surface area contributed by atoms with Crippen LogP contribution in [0.3, 0.4) is 0 Å². The molecule has 1 atom stereocenters. The first-order valence-electron chi connectivity index (χ1n) is 13.0. The Morgan fingerprint density at radius 1 is 1.11 bits per heavy atom. The molecule has 4 aromatic rings. The number of aryl methyl sites for hydroxylation is 1. The van der Waals surface area contributed by atoms with Gasteiger partial charge in [0.1, 0.15) is 5.75 Å². The standard InChI is InChI=1S/C32H34N2O3/c1-3-37-27-13-8-24(9-14-27)22-34(19-18-26-21-33-30-7-5-4-6-28(26)30)31-16-12-25-20-23(10-15-29(25)31)11-17-32(35)36-2/h4-11,13-15,17,20-21,31,33H,3,12,16,18-19,22H2,1-2H3. The number of hydrogen-bond acceptors (Lipinski definition) is 4. The summed E-state index contributed by atoms with van der Waals surface area (Å²) in [4.78, 5) is 17.6. The lowest BCUT2D eigenvalue weighted by Gasteiger charge is -2.30. The quantitative estimate of drug-likeness (QED) is 0.202. The van der Waals surface area contributed by atoms with Crippen LogP contribution in [0.15, 0.2) is 79.0 Å². The lowest BCUT2D eigenvalue weighted by molar-refractivity contribution is -0.134. The summed E-state index contributed by atoms with van der Waals surface area (Å²) in [5, 5.41) is 1.30. The summed E-state index contributed by atoms with van der Waals surface area (Å²) in [5.41, 5.74) is 7.61. The van der Waals surface area contributed by atoms with Crippen molar-refractivity contribution >= 4 is 22.9 Å². The Balaban J connectivity index is 1.38. The molecule has 5 heteroatoms. The number of carbonyl (C=O) groups excluding carboxylic acids is 1. The summed E-state index contributed by atoms with van der Waals surface area (Å²) in [6.45, 7) is 4.52. The molecule has 0 aliphatic heterocycles. The predicted octanol–water partition coefficient (Wildman–Crippen LogP) is 6.49. The maximum atomic E-state index is 11.5. The van der Waals surface area contributed by atoms with E-state index in [-0.39, 0.29) is 5.97 Å². The number of aromatic amines is 1. The average Bonchev–Trinajstić information content (AvgIpc) is 3.55. The first kappa shape index (κ1) is 24.8. The number of benzene rings is 3. The van der Waals surface area contributed by atoms with Crippen LogP contribution in [0.5, 0.6) is 5.75 Å². The number of ether oxygens (including phenoxy) is 2. The summed E-state index contributed by atoms with van der Waals surface area (Å²) < 4.78 is 10.4. The van der Waals surface area contributed by atoms with Gasteiger partial charge in [-0.25, -0.2) is 4.79 Å². The molecule has 0 spiro atoms. The second-order valence-electron chi connectivity index (χ2n) is 9.53. The summed E-state index contributed by atoms with van der Waals surface area (Å²) >= 11 is 0. The normalized spacial score (nSPS) is 14.9. The number of rotatable bonds is 10. The molecule has 5 nitrogen and oxygen atoms in total. The third kappa shape index (κ3) is 5.78. The molecule has 0 fully saturated rings. The van der Waals surface area contributed by atoms with Crippen molar-refractivity contribution in [2.75, 3.05) is 20.3 Å². The molecule has 1 unspecified atom stereocenters. The van der Waals surface area contributed by atoms with Gasteiger partial charge in [0.25, 0.3) is 0 Å². The van der Waals surface area contributed by atoms with Crippen molar-refractivity contribution in [3.8, 4) is 5.75 Å². The topological polar surface area (TPSA) is 54.6 Å². The molecule has 0 radical (unpaired) electrons. The minimum Gasteiger partial charge on any atom is -0.494 e. The molecule has 1 aliphatic rings. The molecule has 1 aromatic heterocycles. The second kappa shape index (κ2) is 11.5. The van der Waals surface area contributed by atoms with Gasteiger partial charge in [-0.1, -0.05) is 48.5 Å². The Kier molecular flexibility index (Phi) is 7.71. The Morgan fingerprint density at radius 3 is 2.76 bits per heavy atom. The van der Waals surface area contributed by atoms with E-state index in [1.807, 2.05) is 13.0 Å². The number of hydrogen-bond donors (Lipinski definition) is 1. The number of carbonyl (C=O) groups is 1. The van der Waals surface area contributed by atoms with Crippen molar-refractivity contribution in [1.82, 2.24) is 9.88 Å². The van der Waals surface area contributed by atoms with E-state index >= 15 is 0 Å². The van der Waals surface area contributed by atoms with Crippen LogP contribution in [0.4, 0.5) is 0 Å². The molecule has 190 valence electrons. The van der Waals surface area contributed by atoms with E-state index in [0.29, 0.717) is 12.6 Å². The van der Waals surface area contributed by atoms with Crippen LogP contribution in [0, 0.1) is 0 Å². The highest BCUT2D eigenvalue weighted by Crippen LogP contribution is 2.37. The smallest absolute Gasteiger partial charge is 0.330 e. The van der Waals surface area contributed by atoms with Crippen molar-refractivity contribution < 1.29 is 14.3 Å². The third-order valence-corrected chi connectivity index (χ3v) is 7.23. The number of nitrogens with one attached hydrogen (secondary N) is 1. The number of H-pyrrole nitrogens is 1. The Morgan fingerprint density at radius 2 is 1.95 bits per heavy atom. The van der Waals surface area contributed by atoms with E-state index in [0.717, 1.165) is 43.7 Å². The SMILES string of the molecule is CCOc1ccc(CN(CCc2c[nH]c3ccccc23)C2CCc3cc(C=CC(=O)OC)ccc32)cc1. The van der Waals surface area contributed by atoms with Crippen LogP contribution < -0.4 is 4.74 Å². The number of esters is 1. The fourth-order valence-electron chi connectivity index (χ4n) is 5.37. The molecule has 0 amide bonds.